The second-order valence-corrected chi connectivity index (χ2v) is 8.66. The highest BCUT2D eigenvalue weighted by molar-refractivity contribution is 7.89. The maximum atomic E-state index is 12.8. The Balaban J connectivity index is 1.74. The third kappa shape index (κ3) is 3.93. The Morgan fingerprint density at radius 2 is 1.76 bits per heavy atom. The lowest BCUT2D eigenvalue weighted by Crippen LogP contribution is -2.42. The maximum Gasteiger partial charge on any atom is 0.291 e. The lowest BCUT2D eigenvalue weighted by Gasteiger charge is -2.34. The number of rotatable bonds is 4. The lowest BCUT2D eigenvalue weighted by atomic mass is 9.94. The monoisotopic (exact) mass is 362 g/mol. The molecule has 2 heterocycles. The number of carbonyl (C=O) groups excluding carboxylic acids is 1. The smallest absolute Gasteiger partial charge is 0.291 e. The minimum Gasteiger partial charge on any atom is -0.459 e. The summed E-state index contributed by atoms with van der Waals surface area (Å²) in [5.74, 6) is 0.531. The Morgan fingerprint density at radius 1 is 1.12 bits per heavy atom. The molecule has 1 aliphatic heterocycles. The lowest BCUT2D eigenvalue weighted by molar-refractivity contribution is 0.0996. The van der Waals surface area contributed by atoms with Crippen LogP contribution in [-0.2, 0) is 10.0 Å². The van der Waals surface area contributed by atoms with Gasteiger partial charge >= 0.3 is 0 Å². The fourth-order valence-corrected chi connectivity index (χ4v) is 4.94. The maximum absolute atomic E-state index is 12.8. The van der Waals surface area contributed by atoms with E-state index in [9.17, 15) is 13.2 Å². The molecule has 1 N–H and O–H groups in total. The van der Waals surface area contributed by atoms with Gasteiger partial charge in [0.2, 0.25) is 10.0 Å². The minimum atomic E-state index is -3.51. The highest BCUT2D eigenvalue weighted by Gasteiger charge is 2.31. The molecule has 0 unspecified atom stereocenters. The highest BCUT2D eigenvalue weighted by atomic mass is 32.2. The Bertz CT molecular complexity index is 818. The van der Waals surface area contributed by atoms with Gasteiger partial charge in [-0.2, -0.15) is 4.31 Å². The van der Waals surface area contributed by atoms with E-state index in [0.29, 0.717) is 30.6 Å². The summed E-state index contributed by atoms with van der Waals surface area (Å²) in [7, 11) is -3.51. The first-order valence-corrected chi connectivity index (χ1v) is 9.75. The first-order chi connectivity index (χ1) is 11.9. The van der Waals surface area contributed by atoms with E-state index in [1.807, 2.05) is 0 Å². The van der Waals surface area contributed by atoms with Crippen LogP contribution in [0.25, 0.3) is 0 Å². The van der Waals surface area contributed by atoms with Gasteiger partial charge in [0, 0.05) is 18.8 Å². The van der Waals surface area contributed by atoms with Crippen molar-refractivity contribution in [3.8, 4) is 0 Å². The number of carbonyl (C=O) groups is 1. The van der Waals surface area contributed by atoms with E-state index >= 15 is 0 Å². The van der Waals surface area contributed by atoms with Gasteiger partial charge in [0.25, 0.3) is 5.91 Å². The Kier molecular flexibility index (Phi) is 4.96. The van der Waals surface area contributed by atoms with Crippen molar-refractivity contribution in [3.63, 3.8) is 0 Å². The summed E-state index contributed by atoms with van der Waals surface area (Å²) < 4.78 is 32.2. The first kappa shape index (κ1) is 17.7. The SMILES string of the molecule is C[C@@H]1C[C@@H](C)CN(S(=O)(=O)c2ccc(NC(=O)c3ccco3)cc2)C1. The summed E-state index contributed by atoms with van der Waals surface area (Å²) in [5, 5.41) is 2.68. The summed E-state index contributed by atoms with van der Waals surface area (Å²) in [5.41, 5.74) is 0.515. The van der Waals surface area contributed by atoms with Crippen molar-refractivity contribution in [1.82, 2.24) is 4.31 Å². The van der Waals surface area contributed by atoms with Crippen LogP contribution < -0.4 is 5.32 Å². The second-order valence-electron chi connectivity index (χ2n) is 6.72. The van der Waals surface area contributed by atoms with Gasteiger partial charge in [0.1, 0.15) is 0 Å². The van der Waals surface area contributed by atoms with Crippen molar-refractivity contribution in [2.45, 2.75) is 25.2 Å². The molecule has 1 aromatic heterocycles. The Labute approximate surface area is 147 Å². The van der Waals surface area contributed by atoms with Crippen molar-refractivity contribution in [2.24, 2.45) is 11.8 Å². The number of amides is 1. The van der Waals surface area contributed by atoms with Crippen LogP contribution >= 0.6 is 0 Å². The molecule has 7 heteroatoms. The zero-order chi connectivity index (χ0) is 18.0. The van der Waals surface area contributed by atoms with Crippen LogP contribution in [0.1, 0.15) is 30.8 Å². The number of nitrogens with zero attached hydrogens (tertiary/aromatic N) is 1. The number of hydrogen-bond donors (Lipinski definition) is 1. The number of nitrogens with one attached hydrogen (secondary N) is 1. The first-order valence-electron chi connectivity index (χ1n) is 8.31. The summed E-state index contributed by atoms with van der Waals surface area (Å²) in [6.45, 7) is 5.24. The molecule has 0 saturated carbocycles. The summed E-state index contributed by atoms with van der Waals surface area (Å²) in [6.07, 6.45) is 2.47. The molecular weight excluding hydrogens is 340 g/mol. The van der Waals surface area contributed by atoms with Gasteiger partial charge in [-0.3, -0.25) is 4.79 Å². The van der Waals surface area contributed by atoms with Crippen LogP contribution in [0.4, 0.5) is 5.69 Å². The molecule has 134 valence electrons. The minimum absolute atomic E-state index is 0.202. The largest absolute Gasteiger partial charge is 0.459 e. The number of anilines is 1. The number of piperidine rings is 1. The molecular formula is C18H22N2O4S. The molecule has 6 nitrogen and oxygen atoms in total. The number of furan rings is 1. The molecule has 25 heavy (non-hydrogen) atoms. The van der Waals surface area contributed by atoms with Gasteiger partial charge in [-0.15, -0.1) is 0 Å². The van der Waals surface area contributed by atoms with Crippen LogP contribution in [-0.4, -0.2) is 31.7 Å². The van der Waals surface area contributed by atoms with Crippen molar-refractivity contribution in [1.29, 1.82) is 0 Å². The second kappa shape index (κ2) is 7.01. The number of sulfonamides is 1. The molecule has 1 amide bonds. The zero-order valence-corrected chi connectivity index (χ0v) is 15.1. The molecule has 0 spiro atoms. The van der Waals surface area contributed by atoms with Gasteiger partial charge in [-0.05, 0) is 54.7 Å². The molecule has 1 saturated heterocycles. The van der Waals surface area contributed by atoms with Crippen LogP contribution in [0.2, 0.25) is 0 Å². The van der Waals surface area contributed by atoms with Gasteiger partial charge < -0.3 is 9.73 Å². The van der Waals surface area contributed by atoms with Crippen LogP contribution in [0.15, 0.2) is 52.0 Å². The van der Waals surface area contributed by atoms with Crippen LogP contribution in [0, 0.1) is 11.8 Å². The quantitative estimate of drug-likeness (QED) is 0.906. The van der Waals surface area contributed by atoms with E-state index in [2.05, 4.69) is 19.2 Å². The predicted octanol–water partition coefficient (Wildman–Crippen LogP) is 3.20. The van der Waals surface area contributed by atoms with Crippen LogP contribution in [0.5, 0.6) is 0 Å². The van der Waals surface area contributed by atoms with Crippen LogP contribution in [0.3, 0.4) is 0 Å². The molecule has 2 aromatic rings. The van der Waals surface area contributed by atoms with Gasteiger partial charge in [-0.1, -0.05) is 13.8 Å². The number of benzene rings is 1. The van der Waals surface area contributed by atoms with Crippen molar-refractivity contribution < 1.29 is 17.6 Å². The van der Waals surface area contributed by atoms with E-state index in [1.54, 1.807) is 28.6 Å². The average molecular weight is 362 g/mol. The van der Waals surface area contributed by atoms with E-state index < -0.39 is 10.0 Å². The third-order valence-electron chi connectivity index (χ3n) is 4.33. The van der Waals surface area contributed by atoms with Gasteiger partial charge in [-0.25, -0.2) is 8.42 Å². The standard InChI is InChI=1S/C18H22N2O4S/c1-13-10-14(2)12-20(11-13)25(22,23)16-7-5-15(6-8-16)19-18(21)17-4-3-9-24-17/h3-9,13-14H,10-12H2,1-2H3,(H,19,21)/t13-,14-/m1/s1. The summed E-state index contributed by atoms with van der Waals surface area (Å²) in [4.78, 5) is 12.2. The van der Waals surface area contributed by atoms with E-state index in [4.69, 9.17) is 4.42 Å². The van der Waals surface area contributed by atoms with Crippen molar-refractivity contribution in [3.05, 3.63) is 48.4 Å². The molecule has 1 aliphatic rings. The normalized spacial score (nSPS) is 21.8. The predicted molar refractivity (Wildman–Crippen MR) is 94.8 cm³/mol. The van der Waals surface area contributed by atoms with Crippen molar-refractivity contribution >= 4 is 21.6 Å². The molecule has 0 radical (unpaired) electrons. The Morgan fingerprint density at radius 3 is 2.32 bits per heavy atom. The number of hydrogen-bond acceptors (Lipinski definition) is 4. The fourth-order valence-electron chi connectivity index (χ4n) is 3.26. The van der Waals surface area contributed by atoms with E-state index in [1.165, 1.54) is 18.4 Å². The zero-order valence-electron chi connectivity index (χ0n) is 14.3. The Hall–Kier alpha value is -2.12. The molecule has 2 atom stereocenters. The molecule has 1 aromatic carbocycles. The molecule has 0 bridgehead atoms. The summed E-state index contributed by atoms with van der Waals surface area (Å²) >= 11 is 0. The molecule has 3 rings (SSSR count). The van der Waals surface area contributed by atoms with Gasteiger partial charge in [0.05, 0.1) is 11.2 Å². The summed E-state index contributed by atoms with van der Waals surface area (Å²) in [6, 6.07) is 9.42. The van der Waals surface area contributed by atoms with E-state index in [0.717, 1.165) is 6.42 Å². The van der Waals surface area contributed by atoms with Gasteiger partial charge in [0.15, 0.2) is 5.76 Å². The average Bonchev–Trinajstić information content (AvgIpc) is 3.09. The van der Waals surface area contributed by atoms with Crippen molar-refractivity contribution in [2.75, 3.05) is 18.4 Å². The molecule has 1 fully saturated rings. The topological polar surface area (TPSA) is 79.6 Å². The van der Waals surface area contributed by atoms with E-state index in [-0.39, 0.29) is 16.6 Å². The fraction of sp³-hybridized carbons (Fsp3) is 0.389. The third-order valence-corrected chi connectivity index (χ3v) is 6.18. The highest BCUT2D eigenvalue weighted by Crippen LogP contribution is 2.27. The molecule has 0 aliphatic carbocycles.